The fourth-order valence-corrected chi connectivity index (χ4v) is 4.07. The van der Waals surface area contributed by atoms with E-state index in [2.05, 4.69) is 10.3 Å². The van der Waals surface area contributed by atoms with Gasteiger partial charge in [0.05, 0.1) is 4.90 Å². The summed E-state index contributed by atoms with van der Waals surface area (Å²) in [5.74, 6) is -0.346. The van der Waals surface area contributed by atoms with Crippen molar-refractivity contribution in [2.45, 2.75) is 23.8 Å². The first kappa shape index (κ1) is 15.0. The van der Waals surface area contributed by atoms with E-state index < -0.39 is 21.6 Å². The van der Waals surface area contributed by atoms with Crippen molar-refractivity contribution >= 4 is 27.5 Å². The molecule has 1 atom stereocenters. The molecule has 2 rings (SSSR count). The van der Waals surface area contributed by atoms with Crippen LogP contribution >= 0.6 is 11.6 Å². The molecule has 1 unspecified atom stereocenters. The van der Waals surface area contributed by atoms with E-state index in [-0.39, 0.29) is 22.4 Å². The zero-order valence-electron chi connectivity index (χ0n) is 10.7. The Labute approximate surface area is 121 Å². The Morgan fingerprint density at radius 3 is 2.85 bits per heavy atom. The second-order valence-corrected chi connectivity index (χ2v) is 6.70. The molecule has 0 spiro atoms. The molecular formula is C11H14ClN3O4S. The molecule has 1 aromatic heterocycles. The molecule has 0 aromatic carbocycles. The average molecular weight is 320 g/mol. The number of hydrogen-bond donors (Lipinski definition) is 2. The minimum Gasteiger partial charge on any atom is -0.358 e. The van der Waals surface area contributed by atoms with Crippen LogP contribution in [0.25, 0.3) is 0 Å². The lowest BCUT2D eigenvalue weighted by atomic mass is 10.2. The Hall–Kier alpha value is -1.38. The minimum atomic E-state index is -3.86. The first-order chi connectivity index (χ1) is 9.37. The van der Waals surface area contributed by atoms with Gasteiger partial charge < -0.3 is 10.3 Å². The monoisotopic (exact) mass is 319 g/mol. The van der Waals surface area contributed by atoms with Crippen LogP contribution in [0.1, 0.15) is 12.8 Å². The van der Waals surface area contributed by atoms with Crippen LogP contribution in [0.3, 0.4) is 0 Å². The van der Waals surface area contributed by atoms with Crippen molar-refractivity contribution in [1.82, 2.24) is 14.6 Å². The molecule has 2 heterocycles. The van der Waals surface area contributed by atoms with Crippen LogP contribution in [0.5, 0.6) is 0 Å². The van der Waals surface area contributed by atoms with Crippen LogP contribution in [0.15, 0.2) is 22.0 Å². The molecule has 1 amide bonds. The lowest BCUT2D eigenvalue weighted by Crippen LogP contribution is -2.44. The maximum Gasteiger partial charge on any atom is 0.266 e. The van der Waals surface area contributed by atoms with Gasteiger partial charge in [0, 0.05) is 19.8 Å². The summed E-state index contributed by atoms with van der Waals surface area (Å²) in [5.41, 5.74) is -0.560. The van der Waals surface area contributed by atoms with Gasteiger partial charge in [0.25, 0.3) is 5.56 Å². The number of nitrogens with zero attached hydrogens (tertiary/aromatic N) is 1. The lowest BCUT2D eigenvalue weighted by molar-refractivity contribution is -0.123. The van der Waals surface area contributed by atoms with Crippen LogP contribution < -0.4 is 10.9 Å². The molecule has 9 heteroatoms. The minimum absolute atomic E-state index is 0.127. The lowest BCUT2D eigenvalue weighted by Gasteiger charge is -2.22. The zero-order valence-corrected chi connectivity index (χ0v) is 12.3. The highest BCUT2D eigenvalue weighted by atomic mass is 35.5. The van der Waals surface area contributed by atoms with Crippen molar-refractivity contribution < 1.29 is 13.2 Å². The Balaban J connectivity index is 2.41. The summed E-state index contributed by atoms with van der Waals surface area (Å²) in [4.78, 5) is 25.0. The summed E-state index contributed by atoms with van der Waals surface area (Å²) in [7, 11) is -2.40. The topological polar surface area (TPSA) is 99.3 Å². The highest BCUT2D eigenvalue weighted by Gasteiger charge is 2.39. The van der Waals surface area contributed by atoms with Gasteiger partial charge in [0.2, 0.25) is 15.9 Å². The van der Waals surface area contributed by atoms with Crippen LogP contribution in [-0.4, -0.2) is 43.2 Å². The van der Waals surface area contributed by atoms with E-state index in [4.69, 9.17) is 11.6 Å². The maximum atomic E-state index is 12.5. The number of likely N-dealkylation sites (N-methyl/N-ethyl adjacent to an activating group) is 1. The van der Waals surface area contributed by atoms with Gasteiger partial charge in [-0.05, 0) is 18.9 Å². The van der Waals surface area contributed by atoms with E-state index in [1.165, 1.54) is 7.05 Å². The standard InChI is InChI=1S/C11H14ClN3O4S/c1-13-11(17)9-3-2-4-15(9)20(18,19)7-5-8(12)10(16)14-6-7/h5-6,9H,2-4H2,1H3,(H,13,17)(H,14,16). The quantitative estimate of drug-likeness (QED) is 0.814. The molecule has 2 N–H and O–H groups in total. The molecule has 0 saturated carbocycles. The summed E-state index contributed by atoms with van der Waals surface area (Å²) in [5, 5.41) is 2.25. The molecule has 20 heavy (non-hydrogen) atoms. The Bertz CT molecular complexity index is 685. The fourth-order valence-electron chi connectivity index (χ4n) is 2.18. The summed E-state index contributed by atoms with van der Waals surface area (Å²) < 4.78 is 26.1. The predicted octanol–water partition coefficient (Wildman–Crippen LogP) is -0.0726. The number of halogens is 1. The molecule has 0 aliphatic carbocycles. The number of amides is 1. The second-order valence-electron chi connectivity index (χ2n) is 4.40. The van der Waals surface area contributed by atoms with Gasteiger partial charge in [-0.2, -0.15) is 4.31 Å². The molecule has 1 fully saturated rings. The van der Waals surface area contributed by atoms with Gasteiger partial charge in [-0.3, -0.25) is 9.59 Å². The van der Waals surface area contributed by atoms with Crippen molar-refractivity contribution in [3.63, 3.8) is 0 Å². The van der Waals surface area contributed by atoms with Gasteiger partial charge in [0.1, 0.15) is 11.1 Å². The molecule has 1 aliphatic heterocycles. The van der Waals surface area contributed by atoms with E-state index in [1.54, 1.807) is 0 Å². The molecule has 1 saturated heterocycles. The van der Waals surface area contributed by atoms with E-state index in [0.717, 1.165) is 16.6 Å². The number of pyridine rings is 1. The summed E-state index contributed by atoms with van der Waals surface area (Å²) in [6.07, 6.45) is 2.16. The van der Waals surface area contributed by atoms with Crippen molar-refractivity contribution in [1.29, 1.82) is 0 Å². The summed E-state index contributed by atoms with van der Waals surface area (Å²) >= 11 is 5.65. The third kappa shape index (κ3) is 2.58. The number of carbonyl (C=O) groups excluding carboxylic acids is 1. The average Bonchev–Trinajstić information content (AvgIpc) is 2.90. The van der Waals surface area contributed by atoms with E-state index in [9.17, 15) is 18.0 Å². The van der Waals surface area contributed by atoms with Gasteiger partial charge in [-0.15, -0.1) is 0 Å². The van der Waals surface area contributed by atoms with E-state index >= 15 is 0 Å². The predicted molar refractivity (Wildman–Crippen MR) is 73.1 cm³/mol. The Morgan fingerprint density at radius 2 is 2.25 bits per heavy atom. The molecule has 0 radical (unpaired) electrons. The van der Waals surface area contributed by atoms with Crippen LogP contribution in [0.2, 0.25) is 5.02 Å². The third-order valence-electron chi connectivity index (χ3n) is 3.19. The number of sulfonamides is 1. The van der Waals surface area contributed by atoms with Crippen LogP contribution in [0.4, 0.5) is 0 Å². The number of aromatic amines is 1. The Kier molecular flexibility index (Phi) is 4.17. The van der Waals surface area contributed by atoms with E-state index in [1.807, 2.05) is 0 Å². The number of rotatable bonds is 3. The fraction of sp³-hybridized carbons (Fsp3) is 0.455. The third-order valence-corrected chi connectivity index (χ3v) is 5.36. The molecule has 7 nitrogen and oxygen atoms in total. The van der Waals surface area contributed by atoms with Crippen LogP contribution in [0, 0.1) is 0 Å². The van der Waals surface area contributed by atoms with Gasteiger partial charge in [-0.25, -0.2) is 8.42 Å². The number of aromatic nitrogens is 1. The molecule has 110 valence electrons. The number of carbonyl (C=O) groups is 1. The summed E-state index contributed by atoms with van der Waals surface area (Å²) in [6.45, 7) is 0.261. The van der Waals surface area contributed by atoms with Gasteiger partial charge in [0.15, 0.2) is 0 Å². The Morgan fingerprint density at radius 1 is 1.55 bits per heavy atom. The largest absolute Gasteiger partial charge is 0.358 e. The number of nitrogens with one attached hydrogen (secondary N) is 2. The molecule has 0 bridgehead atoms. The molecule has 1 aromatic rings. The van der Waals surface area contributed by atoms with E-state index in [0.29, 0.717) is 12.8 Å². The SMILES string of the molecule is CNC(=O)C1CCCN1S(=O)(=O)c1c[nH]c(=O)c(Cl)c1. The zero-order chi connectivity index (χ0) is 14.9. The normalized spacial score (nSPS) is 20.0. The van der Waals surface area contributed by atoms with Crippen molar-refractivity contribution in [2.24, 2.45) is 0 Å². The van der Waals surface area contributed by atoms with Gasteiger partial charge >= 0.3 is 0 Å². The molecule has 1 aliphatic rings. The highest BCUT2D eigenvalue weighted by molar-refractivity contribution is 7.89. The van der Waals surface area contributed by atoms with Crippen LogP contribution in [-0.2, 0) is 14.8 Å². The van der Waals surface area contributed by atoms with Crippen molar-refractivity contribution in [3.8, 4) is 0 Å². The first-order valence-corrected chi connectivity index (χ1v) is 7.81. The van der Waals surface area contributed by atoms with Crippen molar-refractivity contribution in [3.05, 3.63) is 27.6 Å². The first-order valence-electron chi connectivity index (χ1n) is 5.99. The number of H-pyrrole nitrogens is 1. The summed E-state index contributed by atoms with van der Waals surface area (Å²) in [6, 6.07) is 0.366. The second kappa shape index (κ2) is 5.55. The number of hydrogen-bond acceptors (Lipinski definition) is 4. The highest BCUT2D eigenvalue weighted by Crippen LogP contribution is 2.26. The van der Waals surface area contributed by atoms with Crippen molar-refractivity contribution in [2.75, 3.05) is 13.6 Å². The van der Waals surface area contributed by atoms with Gasteiger partial charge in [-0.1, -0.05) is 11.6 Å². The maximum absolute atomic E-state index is 12.5. The molecular weight excluding hydrogens is 306 g/mol. The smallest absolute Gasteiger partial charge is 0.266 e.